The number of rotatable bonds is 19. The van der Waals surface area contributed by atoms with Gasteiger partial charge in [0.25, 0.3) is 0 Å². The number of halogens is 5. The molecule has 12 N–H and O–H groups in total. The van der Waals surface area contributed by atoms with Crippen molar-refractivity contribution in [3.8, 4) is 32.3 Å². The molecule has 39 nitrogen and oxygen atoms in total. The Hall–Kier alpha value is -10.3. The second-order valence-corrected chi connectivity index (χ2v) is 32.1. The summed E-state index contributed by atoms with van der Waals surface area (Å²) in [6.45, 7) is 3.26. The van der Waals surface area contributed by atoms with Crippen LogP contribution in [0.5, 0.6) is 0 Å². The molecule has 0 aliphatic carbocycles. The molecular formula is C70H65B3Br5N11O28S4. The van der Waals surface area contributed by atoms with Crippen molar-refractivity contribution < 1.29 is 104 Å². The lowest BCUT2D eigenvalue weighted by molar-refractivity contribution is -0.402. The van der Waals surface area contributed by atoms with Gasteiger partial charge in [-0.15, -0.1) is 0 Å². The Bertz CT molecular complexity index is 5130. The van der Waals surface area contributed by atoms with Gasteiger partial charge in [0.15, 0.2) is 13.2 Å². The highest BCUT2D eigenvalue weighted by atomic mass is 79.9. The van der Waals surface area contributed by atoms with Gasteiger partial charge >= 0.3 is 59.1 Å². The van der Waals surface area contributed by atoms with Crippen molar-refractivity contribution in [2.45, 2.75) is 52.5 Å². The van der Waals surface area contributed by atoms with Crippen LogP contribution in [0.15, 0.2) is 237 Å². The number of nitrogens with zero attached hydrogens (tertiary/aromatic N) is 11. The lowest BCUT2D eigenvalue weighted by Crippen LogP contribution is -2.29. The number of hydrogen-bond donors (Lipinski definition) is 12. The van der Waals surface area contributed by atoms with Crippen molar-refractivity contribution in [1.82, 2.24) is 19.5 Å². The van der Waals surface area contributed by atoms with Gasteiger partial charge in [-0.1, -0.05) is 173 Å². The standard InChI is InChI=1S/C12H11NO3S.C11H9NO4.C10H8N2O3S.C8H11BO3.2C7H9BO3.C4H3Br2N3O2.C4H2BrNO3.C4H2BrNO2S.C3HBrN2O2S/c1-8(14)9-2-4-10(5-3-9)11-6-7-12(17-11)13(15)16;13-7-8-1-3-9(4-2-8)10-5-6-11(16-10)12(14)15;13-6-7-1-3-8(4-2-7)10-11-5-9(16-10)12(14)15;1-6(10)7-2-4-8(5-3-7)9(11)12;2*9-5-6-1-3-7(4-2-6)8(10)11;1-8-3(6)2(5)7-4(8)9(10)11;2*5-3-1-2-4(9-3)6(7)8;4-3-5-1-2(9-3)6(7)8/h2-8,14H,1H3;1-6,13H,7H2;1-5,13H,6H2;2-6,10-12H,1H3;2*1-4,9-11H,5H2;1H3;2*1-2H;1H. The minimum absolute atomic E-state index is 0.0156. The van der Waals surface area contributed by atoms with E-state index < -0.39 is 68.0 Å². The molecule has 0 aliphatic heterocycles. The summed E-state index contributed by atoms with van der Waals surface area (Å²) in [6, 6.07) is 52.8. The average Bonchev–Trinajstić information content (AvgIpc) is 1.70. The Morgan fingerprint density at radius 3 is 1.07 bits per heavy atom. The van der Waals surface area contributed by atoms with Gasteiger partial charge in [0, 0.05) is 28.1 Å². The van der Waals surface area contributed by atoms with E-state index in [0.29, 0.717) is 44.9 Å². The number of aliphatic hydroxyl groups excluding tert-OH is 6. The number of aliphatic hydroxyl groups is 6. The third-order valence-electron chi connectivity index (χ3n) is 14.6. The van der Waals surface area contributed by atoms with E-state index >= 15 is 0 Å². The largest absolute Gasteiger partial charge is 0.488 e. The van der Waals surface area contributed by atoms with Gasteiger partial charge in [-0.2, -0.15) is 0 Å². The molecule has 121 heavy (non-hydrogen) atoms. The van der Waals surface area contributed by atoms with Crippen molar-refractivity contribution in [2.24, 2.45) is 7.05 Å². The first-order valence-corrected chi connectivity index (χ1v) is 40.5. The Balaban J connectivity index is 0.000000285. The summed E-state index contributed by atoms with van der Waals surface area (Å²) in [4.78, 5) is 80.3. The monoisotopic (exact) mass is 2060 g/mol. The van der Waals surface area contributed by atoms with Gasteiger partial charge in [0.05, 0.1) is 81.3 Å². The maximum absolute atomic E-state index is 10.6. The van der Waals surface area contributed by atoms with Gasteiger partial charge in [-0.25, -0.2) is 14.5 Å². The molecule has 7 heterocycles. The average molecular weight is 2070 g/mol. The summed E-state index contributed by atoms with van der Waals surface area (Å²) in [5, 5.41) is 178. The zero-order valence-corrected chi connectivity index (χ0v) is 73.4. The van der Waals surface area contributed by atoms with E-state index in [-0.39, 0.29) is 64.1 Å². The number of hydrogen-bond acceptors (Lipinski definition) is 35. The van der Waals surface area contributed by atoms with Crippen LogP contribution >= 0.6 is 125 Å². The van der Waals surface area contributed by atoms with Crippen LogP contribution in [-0.4, -0.2) is 136 Å². The van der Waals surface area contributed by atoms with E-state index in [2.05, 4.69) is 99.0 Å². The number of aromatic nitrogens is 4. The zero-order valence-electron chi connectivity index (χ0n) is 62.2. The minimum atomic E-state index is -1.44. The first-order chi connectivity index (χ1) is 57.2. The summed E-state index contributed by atoms with van der Waals surface area (Å²) < 4.78 is 13.6. The fourth-order valence-corrected chi connectivity index (χ4v) is 13.1. The van der Waals surface area contributed by atoms with E-state index in [1.807, 2.05) is 24.3 Å². The van der Waals surface area contributed by atoms with Gasteiger partial charge in [0.2, 0.25) is 4.60 Å². The molecule has 0 radical (unpaired) electrons. The molecule has 7 aromatic heterocycles. The minimum Gasteiger partial charge on any atom is -0.423 e. The number of furan rings is 2. The highest BCUT2D eigenvalue weighted by Gasteiger charge is 2.22. The third kappa shape index (κ3) is 36.1. The molecule has 51 heteroatoms. The Morgan fingerprint density at radius 2 is 0.777 bits per heavy atom. The summed E-state index contributed by atoms with van der Waals surface area (Å²) in [5.74, 6) is -0.275. The normalized spacial score (nSPS) is 10.5. The first-order valence-electron chi connectivity index (χ1n) is 33.3. The molecule has 13 rings (SSSR count). The van der Waals surface area contributed by atoms with E-state index in [0.717, 1.165) is 104 Å². The predicted octanol–water partition coefficient (Wildman–Crippen LogP) is 13.1. The van der Waals surface area contributed by atoms with Gasteiger partial charge in [-0.05, 0) is 201 Å². The van der Waals surface area contributed by atoms with Crippen molar-refractivity contribution >= 4 is 200 Å². The fraction of sp³-hybridized carbons (Fsp3) is 0.129. The summed E-state index contributed by atoms with van der Waals surface area (Å²) >= 11 is 19.5. The lowest BCUT2D eigenvalue weighted by atomic mass is 9.80. The Morgan fingerprint density at radius 1 is 0.405 bits per heavy atom. The number of benzene rings is 6. The van der Waals surface area contributed by atoms with Gasteiger partial charge in [-0.3, -0.25) is 60.7 Å². The Labute approximate surface area is 742 Å². The molecule has 636 valence electrons. The number of thiophene rings is 2. The molecule has 0 amide bonds. The van der Waals surface area contributed by atoms with Crippen LogP contribution in [-0.2, 0) is 33.5 Å². The summed E-state index contributed by atoms with van der Waals surface area (Å²) in [5.41, 5.74) is 8.47. The molecule has 0 fully saturated rings. The maximum atomic E-state index is 10.6. The number of thiazole rings is 2. The van der Waals surface area contributed by atoms with Crippen LogP contribution in [0.2, 0.25) is 0 Å². The number of imidazole rings is 1. The van der Waals surface area contributed by atoms with Crippen LogP contribution < -0.4 is 16.4 Å². The van der Waals surface area contributed by atoms with Crippen LogP contribution in [0.25, 0.3) is 32.3 Å². The summed E-state index contributed by atoms with van der Waals surface area (Å²) in [7, 11) is -2.74. The SMILES string of the molecule is CC(O)c1ccc(-c2ccc([N+](=O)[O-])s2)cc1.CC(O)c1ccc(B(O)O)cc1.Cn1c([N+](=O)[O-])nc(Br)c1Br.O=[N+]([O-])c1ccc(-c2ccc(CO)cc2)o1.O=[N+]([O-])c1ccc(Br)o1.O=[N+]([O-])c1ccc(Br)s1.O=[N+]([O-])c1cnc(-c2ccc(CO)cc2)s1.O=[N+]([O-])c1cnc(Br)s1.OCc1ccc(B(O)O)cc1.OCc1ccc(B(O)O)cc1. The lowest BCUT2D eigenvalue weighted by Gasteiger charge is -2.05. The van der Waals surface area contributed by atoms with Crippen LogP contribution in [0.3, 0.4) is 0 Å². The van der Waals surface area contributed by atoms with E-state index in [1.165, 1.54) is 47.3 Å². The van der Waals surface area contributed by atoms with Crippen molar-refractivity contribution in [2.75, 3.05) is 0 Å². The van der Waals surface area contributed by atoms with Crippen LogP contribution in [0.1, 0.15) is 59.4 Å². The topological polar surface area (TPSA) is 615 Å². The quantitative estimate of drug-likeness (QED) is 0.0203. The summed E-state index contributed by atoms with van der Waals surface area (Å²) in [6.07, 6.45) is 1.45. The van der Waals surface area contributed by atoms with Crippen LogP contribution in [0.4, 0.5) is 37.7 Å². The highest BCUT2D eigenvalue weighted by Crippen LogP contribution is 2.35. The molecule has 0 bridgehead atoms. The number of nitro groups is 7. The molecule has 13 aromatic rings. The van der Waals surface area contributed by atoms with Crippen molar-refractivity contribution in [1.29, 1.82) is 0 Å². The third-order valence-corrected chi connectivity index (χ3v) is 22.1. The first kappa shape index (κ1) is 103. The molecule has 0 saturated heterocycles. The molecular weight excluding hydrogens is 2000 g/mol. The van der Waals surface area contributed by atoms with E-state index in [9.17, 15) is 75.9 Å². The van der Waals surface area contributed by atoms with E-state index in [4.69, 9.17) is 60.1 Å². The van der Waals surface area contributed by atoms with Crippen molar-refractivity contribution in [3.05, 3.63) is 332 Å². The molecule has 0 aliphatic rings. The van der Waals surface area contributed by atoms with Gasteiger partial charge < -0.3 is 79.7 Å². The second-order valence-electron chi connectivity index (χ2n) is 23.0. The molecule has 6 aromatic carbocycles. The fourth-order valence-electron chi connectivity index (χ4n) is 8.37. The molecule has 2 atom stereocenters. The smallest absolute Gasteiger partial charge is 0.423 e. The molecule has 0 saturated carbocycles. The Kier molecular flexibility index (Phi) is 44.9. The second kappa shape index (κ2) is 52.8. The van der Waals surface area contributed by atoms with Gasteiger partial charge in [0.1, 0.15) is 33.0 Å². The van der Waals surface area contributed by atoms with Crippen LogP contribution in [0, 0.1) is 70.8 Å². The van der Waals surface area contributed by atoms with E-state index in [1.54, 1.807) is 160 Å². The molecule has 0 spiro atoms. The van der Waals surface area contributed by atoms with Crippen molar-refractivity contribution in [3.63, 3.8) is 0 Å². The molecule has 2 unspecified atom stereocenters. The maximum Gasteiger partial charge on any atom is 0.488 e. The predicted molar refractivity (Wildman–Crippen MR) is 469 cm³/mol. The zero-order chi connectivity index (χ0) is 90.3. The highest BCUT2D eigenvalue weighted by molar-refractivity contribution is 9.13.